The van der Waals surface area contributed by atoms with Gasteiger partial charge in [-0.05, 0) is 24.3 Å². The summed E-state index contributed by atoms with van der Waals surface area (Å²) in [5.74, 6) is 0.709. The van der Waals surface area contributed by atoms with E-state index in [9.17, 15) is 4.79 Å². The summed E-state index contributed by atoms with van der Waals surface area (Å²) >= 11 is 5.74. The lowest BCUT2D eigenvalue weighted by Crippen LogP contribution is -2.10. The van der Waals surface area contributed by atoms with Gasteiger partial charge in [-0.25, -0.2) is 0 Å². The van der Waals surface area contributed by atoms with Crippen LogP contribution in [0.3, 0.4) is 0 Å². The summed E-state index contributed by atoms with van der Waals surface area (Å²) in [6.45, 7) is 0.924. The van der Waals surface area contributed by atoms with Crippen LogP contribution in [0.2, 0.25) is 5.02 Å². The fourth-order valence-corrected chi connectivity index (χ4v) is 1.59. The molecule has 0 aliphatic heterocycles. The topological polar surface area (TPSA) is 68.1 Å². The third kappa shape index (κ3) is 2.18. The lowest BCUT2D eigenvalue weighted by molar-refractivity contribution is 0.329. The number of rotatable bonds is 3. The molecular weight excluding hydrogens is 228 g/mol. The third-order valence-electron chi connectivity index (χ3n) is 2.16. The van der Waals surface area contributed by atoms with E-state index in [4.69, 9.17) is 22.1 Å². The zero-order valence-electron chi connectivity index (χ0n) is 8.50. The lowest BCUT2D eigenvalue weighted by Gasteiger charge is -2.05. The molecule has 2 rings (SSSR count). The molecule has 0 aliphatic rings. The van der Waals surface area contributed by atoms with Crippen molar-refractivity contribution in [3.05, 3.63) is 39.6 Å². The zero-order valence-corrected chi connectivity index (χ0v) is 9.25. The number of aromatic amines is 1. The van der Waals surface area contributed by atoms with Gasteiger partial charge in [-0.1, -0.05) is 11.6 Å². The number of hydrogen-bond acceptors (Lipinski definition) is 3. The standard InChI is InChI=1S/C11H11ClN2O2/c12-9-6-7-5-8(16-4-3-13)1-2-10(7)14-11(9)15/h1-2,5-6H,3-4,13H2,(H,14,15). The maximum Gasteiger partial charge on any atom is 0.267 e. The Morgan fingerprint density at radius 3 is 2.94 bits per heavy atom. The van der Waals surface area contributed by atoms with E-state index in [-0.39, 0.29) is 10.6 Å². The Kier molecular flexibility index (Phi) is 3.12. The molecule has 0 bridgehead atoms. The molecule has 0 unspecified atom stereocenters. The van der Waals surface area contributed by atoms with Crippen LogP contribution in [0, 0.1) is 0 Å². The second-order valence-electron chi connectivity index (χ2n) is 3.33. The molecule has 0 atom stereocenters. The number of halogens is 1. The van der Waals surface area contributed by atoms with Gasteiger partial charge in [0.2, 0.25) is 0 Å². The first-order valence-corrected chi connectivity index (χ1v) is 5.24. The number of pyridine rings is 1. The lowest BCUT2D eigenvalue weighted by atomic mass is 10.2. The van der Waals surface area contributed by atoms with Crippen molar-refractivity contribution < 1.29 is 4.74 Å². The van der Waals surface area contributed by atoms with Gasteiger partial charge in [-0.3, -0.25) is 4.79 Å². The van der Waals surface area contributed by atoms with Crippen LogP contribution in [0.25, 0.3) is 10.9 Å². The van der Waals surface area contributed by atoms with Crippen LogP contribution in [0.5, 0.6) is 5.75 Å². The predicted molar refractivity (Wildman–Crippen MR) is 64.1 cm³/mol. The quantitative estimate of drug-likeness (QED) is 0.852. The average molecular weight is 239 g/mol. The summed E-state index contributed by atoms with van der Waals surface area (Å²) in [7, 11) is 0. The van der Waals surface area contributed by atoms with Gasteiger partial charge >= 0.3 is 0 Å². The number of ether oxygens (including phenoxy) is 1. The van der Waals surface area contributed by atoms with Crippen molar-refractivity contribution in [2.24, 2.45) is 5.73 Å². The molecule has 0 saturated heterocycles. The summed E-state index contributed by atoms with van der Waals surface area (Å²) < 4.78 is 5.37. The monoisotopic (exact) mass is 238 g/mol. The normalized spacial score (nSPS) is 10.6. The summed E-state index contributed by atoms with van der Waals surface area (Å²) in [6, 6.07) is 6.98. The molecule has 0 aliphatic carbocycles. The van der Waals surface area contributed by atoms with Crippen LogP contribution in [0.4, 0.5) is 0 Å². The first kappa shape index (κ1) is 11.0. The fourth-order valence-electron chi connectivity index (χ4n) is 1.42. The smallest absolute Gasteiger partial charge is 0.267 e. The number of nitrogens with two attached hydrogens (primary N) is 1. The van der Waals surface area contributed by atoms with Crippen LogP contribution in [-0.4, -0.2) is 18.1 Å². The largest absolute Gasteiger partial charge is 0.492 e. The van der Waals surface area contributed by atoms with E-state index >= 15 is 0 Å². The molecule has 2 aromatic rings. The molecule has 1 aromatic carbocycles. The Bertz CT molecular complexity index is 565. The Balaban J connectivity index is 2.45. The Morgan fingerprint density at radius 1 is 1.38 bits per heavy atom. The van der Waals surface area contributed by atoms with Crippen molar-refractivity contribution in [3.63, 3.8) is 0 Å². The molecule has 16 heavy (non-hydrogen) atoms. The molecule has 1 heterocycles. The predicted octanol–water partition coefficient (Wildman–Crippen LogP) is 1.52. The number of aromatic nitrogens is 1. The molecule has 3 N–H and O–H groups in total. The van der Waals surface area contributed by atoms with E-state index in [0.717, 1.165) is 10.9 Å². The molecule has 4 nitrogen and oxygen atoms in total. The minimum Gasteiger partial charge on any atom is -0.492 e. The molecule has 0 radical (unpaired) electrons. The van der Waals surface area contributed by atoms with Gasteiger partial charge in [0.25, 0.3) is 5.56 Å². The molecule has 0 amide bonds. The van der Waals surface area contributed by atoms with Crippen LogP contribution in [0.15, 0.2) is 29.1 Å². The van der Waals surface area contributed by atoms with Crippen LogP contribution in [0.1, 0.15) is 0 Å². The molecular formula is C11H11ClN2O2. The summed E-state index contributed by atoms with van der Waals surface area (Å²) in [6.07, 6.45) is 0. The maximum absolute atomic E-state index is 11.3. The van der Waals surface area contributed by atoms with Crippen molar-refractivity contribution in [2.45, 2.75) is 0 Å². The highest BCUT2D eigenvalue weighted by atomic mass is 35.5. The van der Waals surface area contributed by atoms with E-state index in [2.05, 4.69) is 4.98 Å². The second-order valence-corrected chi connectivity index (χ2v) is 3.74. The molecule has 0 fully saturated rings. The highest BCUT2D eigenvalue weighted by Crippen LogP contribution is 2.20. The number of hydrogen-bond donors (Lipinski definition) is 2. The SMILES string of the molecule is NCCOc1ccc2[nH]c(=O)c(Cl)cc2c1. The highest BCUT2D eigenvalue weighted by molar-refractivity contribution is 6.31. The van der Waals surface area contributed by atoms with Gasteiger partial charge in [-0.2, -0.15) is 0 Å². The first-order chi connectivity index (χ1) is 7.70. The molecule has 84 valence electrons. The van der Waals surface area contributed by atoms with Crippen molar-refractivity contribution in [1.29, 1.82) is 0 Å². The van der Waals surface area contributed by atoms with E-state index in [1.807, 2.05) is 6.07 Å². The third-order valence-corrected chi connectivity index (χ3v) is 2.44. The second kappa shape index (κ2) is 4.55. The maximum atomic E-state index is 11.3. The van der Waals surface area contributed by atoms with Gasteiger partial charge in [0.15, 0.2) is 0 Å². The summed E-state index contributed by atoms with van der Waals surface area (Å²) in [4.78, 5) is 13.9. The fraction of sp³-hybridized carbons (Fsp3) is 0.182. The van der Waals surface area contributed by atoms with E-state index in [1.54, 1.807) is 18.2 Å². The number of benzene rings is 1. The van der Waals surface area contributed by atoms with E-state index in [0.29, 0.717) is 18.9 Å². The summed E-state index contributed by atoms with van der Waals surface area (Å²) in [5.41, 5.74) is 5.78. The van der Waals surface area contributed by atoms with Gasteiger partial charge in [-0.15, -0.1) is 0 Å². The van der Waals surface area contributed by atoms with Gasteiger partial charge in [0.1, 0.15) is 17.4 Å². The highest BCUT2D eigenvalue weighted by Gasteiger charge is 2.01. The minimum atomic E-state index is -0.287. The Morgan fingerprint density at radius 2 is 2.19 bits per heavy atom. The van der Waals surface area contributed by atoms with Gasteiger partial charge < -0.3 is 15.5 Å². The van der Waals surface area contributed by atoms with Crippen molar-refractivity contribution in [3.8, 4) is 5.75 Å². The Hall–Kier alpha value is -1.52. The van der Waals surface area contributed by atoms with E-state index in [1.165, 1.54) is 0 Å². The number of H-pyrrole nitrogens is 1. The van der Waals surface area contributed by atoms with Crippen LogP contribution < -0.4 is 16.0 Å². The van der Waals surface area contributed by atoms with Gasteiger partial charge in [0.05, 0.1) is 0 Å². The van der Waals surface area contributed by atoms with Gasteiger partial charge in [0, 0.05) is 17.4 Å². The molecule has 0 spiro atoms. The number of nitrogens with one attached hydrogen (secondary N) is 1. The van der Waals surface area contributed by atoms with Crippen LogP contribution >= 0.6 is 11.6 Å². The van der Waals surface area contributed by atoms with Crippen molar-refractivity contribution in [2.75, 3.05) is 13.2 Å². The van der Waals surface area contributed by atoms with Crippen molar-refractivity contribution >= 4 is 22.5 Å². The average Bonchev–Trinajstić information content (AvgIpc) is 2.28. The Labute approximate surface area is 97.0 Å². The molecule has 0 saturated carbocycles. The molecule has 1 aromatic heterocycles. The van der Waals surface area contributed by atoms with Crippen LogP contribution in [-0.2, 0) is 0 Å². The minimum absolute atomic E-state index is 0.170. The number of fused-ring (bicyclic) bond motifs is 1. The summed E-state index contributed by atoms with van der Waals surface area (Å²) in [5, 5.41) is 1.00. The zero-order chi connectivity index (χ0) is 11.5. The van der Waals surface area contributed by atoms with Crippen molar-refractivity contribution in [1.82, 2.24) is 4.98 Å². The van der Waals surface area contributed by atoms with E-state index < -0.39 is 0 Å². The molecule has 5 heteroatoms. The first-order valence-electron chi connectivity index (χ1n) is 4.86.